The number of halogens is 1. The Kier molecular flexibility index (Phi) is 3.87. The lowest BCUT2D eigenvalue weighted by Crippen LogP contribution is -2.15. The summed E-state index contributed by atoms with van der Waals surface area (Å²) in [6, 6.07) is 1.84. The van der Waals surface area contributed by atoms with Gasteiger partial charge in [-0.25, -0.2) is 13.1 Å². The number of aromatic nitrogens is 2. The van der Waals surface area contributed by atoms with Crippen molar-refractivity contribution < 1.29 is 8.42 Å². The number of hydrogen-bond acceptors (Lipinski definition) is 5. The summed E-state index contributed by atoms with van der Waals surface area (Å²) in [5.41, 5.74) is 8.08. The molecule has 0 amide bonds. The lowest BCUT2D eigenvalue weighted by Gasteiger charge is -2.10. The molecule has 5 nitrogen and oxygen atoms in total. The molecule has 21 heavy (non-hydrogen) atoms. The van der Waals surface area contributed by atoms with E-state index in [1.807, 2.05) is 18.4 Å². The van der Waals surface area contributed by atoms with Crippen molar-refractivity contribution in [2.75, 3.05) is 17.2 Å². The van der Waals surface area contributed by atoms with E-state index in [9.17, 15) is 8.42 Å². The van der Waals surface area contributed by atoms with Crippen molar-refractivity contribution in [1.82, 2.24) is 9.78 Å². The third-order valence-electron chi connectivity index (χ3n) is 3.79. The van der Waals surface area contributed by atoms with Crippen LogP contribution in [-0.4, -0.2) is 29.7 Å². The fourth-order valence-electron chi connectivity index (χ4n) is 2.72. The first-order valence-corrected chi connectivity index (χ1v) is 10.2. The second-order valence-electron chi connectivity index (χ2n) is 5.17. The molecule has 0 aliphatic carbocycles. The van der Waals surface area contributed by atoms with Gasteiger partial charge in [-0.05, 0) is 40.2 Å². The topological polar surface area (TPSA) is 78.0 Å². The molecule has 1 fully saturated rings. The van der Waals surface area contributed by atoms with E-state index in [1.54, 1.807) is 16.0 Å². The monoisotopic (exact) mass is 389 g/mol. The molecule has 8 heteroatoms. The molecule has 0 saturated carbocycles. The van der Waals surface area contributed by atoms with E-state index in [0.29, 0.717) is 12.2 Å². The molecule has 1 aliphatic rings. The Labute approximate surface area is 136 Å². The molecule has 2 N–H and O–H groups in total. The summed E-state index contributed by atoms with van der Waals surface area (Å²) in [5, 5.41) is 6.63. The highest BCUT2D eigenvalue weighted by atomic mass is 79.9. The van der Waals surface area contributed by atoms with E-state index in [0.717, 1.165) is 27.0 Å². The third kappa shape index (κ3) is 2.64. The molecule has 2 aromatic rings. The molecule has 1 unspecified atom stereocenters. The molecule has 2 aromatic heterocycles. The zero-order valence-electron chi connectivity index (χ0n) is 11.5. The van der Waals surface area contributed by atoms with Crippen LogP contribution in [0, 0.1) is 0 Å². The Morgan fingerprint density at radius 2 is 2.33 bits per heavy atom. The molecule has 3 rings (SSSR count). The quantitative estimate of drug-likeness (QED) is 0.874. The zero-order valence-corrected chi connectivity index (χ0v) is 14.8. The van der Waals surface area contributed by atoms with Gasteiger partial charge in [0.25, 0.3) is 0 Å². The molecule has 114 valence electrons. The first kappa shape index (κ1) is 15.1. The highest BCUT2D eigenvalue weighted by Gasteiger charge is 2.32. The fourth-order valence-corrected chi connectivity index (χ4v) is 5.99. The summed E-state index contributed by atoms with van der Waals surface area (Å²) in [7, 11) is -2.96. The summed E-state index contributed by atoms with van der Waals surface area (Å²) < 4.78 is 26.1. The number of sulfone groups is 1. The van der Waals surface area contributed by atoms with E-state index < -0.39 is 9.84 Å². The standard InChI is InChI=1S/C13H16BrN3O2S2/c1-2-9-11(12-10(14)3-5-20-12)16-17(13(9)15)8-4-6-21(18,19)7-8/h3,5,8H,2,4,6-7,15H2,1H3. The Hall–Kier alpha value is -0.860. The number of nitrogens with two attached hydrogens (primary N) is 1. The van der Waals surface area contributed by atoms with Gasteiger partial charge in [-0.15, -0.1) is 11.3 Å². The first-order chi connectivity index (χ1) is 9.93. The Morgan fingerprint density at radius 3 is 2.86 bits per heavy atom. The molecular formula is C13H16BrN3O2S2. The largest absolute Gasteiger partial charge is 0.384 e. The van der Waals surface area contributed by atoms with Gasteiger partial charge in [-0.1, -0.05) is 6.92 Å². The fraction of sp³-hybridized carbons (Fsp3) is 0.462. The van der Waals surface area contributed by atoms with Crippen LogP contribution in [0.5, 0.6) is 0 Å². The van der Waals surface area contributed by atoms with Gasteiger partial charge in [0.2, 0.25) is 0 Å². The van der Waals surface area contributed by atoms with Crippen LogP contribution in [0.2, 0.25) is 0 Å². The Balaban J connectivity index is 2.08. The van der Waals surface area contributed by atoms with Gasteiger partial charge in [-0.3, -0.25) is 0 Å². The summed E-state index contributed by atoms with van der Waals surface area (Å²) in [5.74, 6) is 0.943. The van der Waals surface area contributed by atoms with Gasteiger partial charge in [0.1, 0.15) is 11.5 Å². The summed E-state index contributed by atoms with van der Waals surface area (Å²) in [6.07, 6.45) is 1.35. The van der Waals surface area contributed by atoms with Gasteiger partial charge in [0.15, 0.2) is 9.84 Å². The maximum atomic E-state index is 11.7. The van der Waals surface area contributed by atoms with E-state index in [4.69, 9.17) is 5.73 Å². The summed E-state index contributed by atoms with van der Waals surface area (Å²) in [6.45, 7) is 2.04. The summed E-state index contributed by atoms with van der Waals surface area (Å²) >= 11 is 5.13. The minimum absolute atomic E-state index is 0.132. The second-order valence-corrected chi connectivity index (χ2v) is 9.16. The minimum Gasteiger partial charge on any atom is -0.384 e. The molecule has 3 heterocycles. The summed E-state index contributed by atoms with van der Waals surface area (Å²) in [4.78, 5) is 1.04. The van der Waals surface area contributed by atoms with Crippen LogP contribution in [0.25, 0.3) is 10.6 Å². The van der Waals surface area contributed by atoms with Gasteiger partial charge >= 0.3 is 0 Å². The molecule has 1 saturated heterocycles. The Bertz CT molecular complexity index is 779. The first-order valence-electron chi connectivity index (χ1n) is 6.73. The van der Waals surface area contributed by atoms with Gasteiger partial charge in [0.05, 0.1) is 22.4 Å². The van der Waals surface area contributed by atoms with Crippen molar-refractivity contribution in [2.24, 2.45) is 0 Å². The normalized spacial score (nSPS) is 21.0. The second kappa shape index (κ2) is 5.40. The maximum Gasteiger partial charge on any atom is 0.152 e. The zero-order chi connectivity index (χ0) is 15.2. The van der Waals surface area contributed by atoms with E-state index in [1.165, 1.54) is 0 Å². The van der Waals surface area contributed by atoms with Crippen molar-refractivity contribution in [3.63, 3.8) is 0 Å². The van der Waals surface area contributed by atoms with Gasteiger partial charge in [-0.2, -0.15) is 5.10 Å². The molecule has 0 aromatic carbocycles. The van der Waals surface area contributed by atoms with Crippen LogP contribution in [-0.2, 0) is 16.3 Å². The van der Waals surface area contributed by atoms with Gasteiger partial charge in [0, 0.05) is 10.0 Å². The van der Waals surface area contributed by atoms with E-state index in [2.05, 4.69) is 21.0 Å². The van der Waals surface area contributed by atoms with E-state index in [-0.39, 0.29) is 17.5 Å². The SMILES string of the molecule is CCc1c(-c2sccc2Br)nn(C2CCS(=O)(=O)C2)c1N. The predicted octanol–water partition coefficient (Wildman–Crippen LogP) is 2.88. The number of nitrogen functional groups attached to an aromatic ring is 1. The minimum atomic E-state index is -2.96. The molecular weight excluding hydrogens is 374 g/mol. The Morgan fingerprint density at radius 1 is 1.57 bits per heavy atom. The number of thiophene rings is 1. The lowest BCUT2D eigenvalue weighted by atomic mass is 10.1. The van der Waals surface area contributed by atoms with E-state index >= 15 is 0 Å². The van der Waals surface area contributed by atoms with Crippen LogP contribution in [0.3, 0.4) is 0 Å². The molecule has 1 atom stereocenters. The smallest absolute Gasteiger partial charge is 0.152 e. The van der Waals surface area contributed by atoms with Crippen molar-refractivity contribution in [3.05, 3.63) is 21.5 Å². The highest BCUT2D eigenvalue weighted by Crippen LogP contribution is 2.38. The van der Waals surface area contributed by atoms with Crippen molar-refractivity contribution in [1.29, 1.82) is 0 Å². The average molecular weight is 390 g/mol. The number of nitrogens with zero attached hydrogens (tertiary/aromatic N) is 2. The van der Waals surface area contributed by atoms with Crippen molar-refractivity contribution in [2.45, 2.75) is 25.8 Å². The molecule has 0 bridgehead atoms. The maximum absolute atomic E-state index is 11.7. The molecule has 1 aliphatic heterocycles. The van der Waals surface area contributed by atoms with Crippen LogP contribution in [0.15, 0.2) is 15.9 Å². The van der Waals surface area contributed by atoms with Crippen LogP contribution in [0.4, 0.5) is 5.82 Å². The third-order valence-corrected chi connectivity index (χ3v) is 7.38. The predicted molar refractivity (Wildman–Crippen MR) is 89.3 cm³/mol. The van der Waals surface area contributed by atoms with Crippen LogP contribution < -0.4 is 5.73 Å². The molecule has 0 radical (unpaired) electrons. The number of anilines is 1. The average Bonchev–Trinajstić information content (AvgIpc) is 3.07. The van der Waals surface area contributed by atoms with Crippen molar-refractivity contribution in [3.8, 4) is 10.6 Å². The molecule has 0 spiro atoms. The number of rotatable bonds is 3. The highest BCUT2D eigenvalue weighted by molar-refractivity contribution is 9.10. The van der Waals surface area contributed by atoms with Gasteiger partial charge < -0.3 is 5.73 Å². The van der Waals surface area contributed by atoms with Crippen LogP contribution in [0.1, 0.15) is 24.9 Å². The van der Waals surface area contributed by atoms with Crippen molar-refractivity contribution >= 4 is 42.9 Å². The van der Waals surface area contributed by atoms with Crippen LogP contribution >= 0.6 is 27.3 Å². The number of hydrogen-bond donors (Lipinski definition) is 1. The lowest BCUT2D eigenvalue weighted by molar-refractivity contribution is 0.508.